The van der Waals surface area contributed by atoms with Crippen LogP contribution in [0.3, 0.4) is 0 Å². The summed E-state index contributed by atoms with van der Waals surface area (Å²) in [6.45, 7) is 6.78. The first-order valence-corrected chi connectivity index (χ1v) is 11.3. The number of amides is 2. The first-order valence-electron chi connectivity index (χ1n) is 9.55. The summed E-state index contributed by atoms with van der Waals surface area (Å²) in [6, 6.07) is -1.40. The Morgan fingerprint density at radius 1 is 0.969 bits per heavy atom. The standard InChI is InChI=1S/C19H22N6O5S2/c1-7(20)16-25-13(10(4)30-16)15(27)22-9(3)17-23-11(5-31-17)14(26)21-8(2)18-24-12(6-32-18)19(28)29/h5-9H,20H2,1-4H3,(H,21,26)(H,22,27)(H,28,29)/t7-,8+,9+/m0/s1. The maximum Gasteiger partial charge on any atom is 0.355 e. The molecule has 0 spiro atoms. The molecule has 0 radical (unpaired) electrons. The van der Waals surface area contributed by atoms with Crippen molar-refractivity contribution in [2.75, 3.05) is 0 Å². The minimum atomic E-state index is -1.12. The number of hydrogen-bond acceptors (Lipinski definition) is 10. The van der Waals surface area contributed by atoms with Gasteiger partial charge in [-0.1, -0.05) is 0 Å². The highest BCUT2D eigenvalue weighted by Gasteiger charge is 2.23. The lowest BCUT2D eigenvalue weighted by molar-refractivity contribution is 0.0690. The molecule has 0 unspecified atom stereocenters. The SMILES string of the molecule is Cc1oc([C@H](C)N)nc1C(=O)N[C@H](C)c1nc(C(=O)N[C@H](C)c2nc(C(=O)O)cs2)cs1. The lowest BCUT2D eigenvalue weighted by Gasteiger charge is -2.11. The summed E-state index contributed by atoms with van der Waals surface area (Å²) >= 11 is 2.38. The zero-order valence-corrected chi connectivity index (χ0v) is 19.3. The Hall–Kier alpha value is -3.16. The van der Waals surface area contributed by atoms with Crippen LogP contribution < -0.4 is 16.4 Å². The molecule has 3 aromatic rings. The number of nitrogens with zero attached hydrogens (tertiary/aromatic N) is 3. The number of carbonyl (C=O) groups excluding carboxylic acids is 2. The van der Waals surface area contributed by atoms with E-state index in [9.17, 15) is 14.4 Å². The number of carboxylic acid groups (broad SMARTS) is 1. The van der Waals surface area contributed by atoms with Crippen molar-refractivity contribution in [3.8, 4) is 0 Å². The molecule has 3 rings (SSSR count). The Labute approximate surface area is 191 Å². The van der Waals surface area contributed by atoms with E-state index in [0.29, 0.717) is 15.8 Å². The molecule has 170 valence electrons. The number of hydrogen-bond donors (Lipinski definition) is 4. The molecule has 11 nitrogen and oxygen atoms in total. The molecule has 0 aromatic carbocycles. The number of aromatic carboxylic acids is 1. The average Bonchev–Trinajstić information content (AvgIpc) is 3.46. The molecular formula is C19H22N6O5S2. The Bertz CT molecular complexity index is 1150. The Balaban J connectivity index is 1.63. The van der Waals surface area contributed by atoms with Gasteiger partial charge in [0.25, 0.3) is 11.8 Å². The van der Waals surface area contributed by atoms with Crippen LogP contribution in [0.5, 0.6) is 0 Å². The number of oxazole rings is 1. The first-order chi connectivity index (χ1) is 15.1. The second-order valence-corrected chi connectivity index (χ2v) is 8.86. The van der Waals surface area contributed by atoms with E-state index in [4.69, 9.17) is 15.3 Å². The largest absolute Gasteiger partial charge is 0.476 e. The molecule has 13 heteroatoms. The predicted octanol–water partition coefficient (Wildman–Crippen LogP) is 2.60. The summed E-state index contributed by atoms with van der Waals surface area (Å²) in [6.07, 6.45) is 0. The second kappa shape index (κ2) is 9.54. The summed E-state index contributed by atoms with van der Waals surface area (Å²) < 4.78 is 5.41. The number of carbonyl (C=O) groups is 3. The van der Waals surface area contributed by atoms with Gasteiger partial charge in [-0.2, -0.15) is 0 Å². The van der Waals surface area contributed by atoms with Gasteiger partial charge in [0.1, 0.15) is 21.5 Å². The van der Waals surface area contributed by atoms with Crippen LogP contribution in [0, 0.1) is 6.92 Å². The molecule has 0 saturated carbocycles. The number of carboxylic acids is 1. The average molecular weight is 479 g/mol. The quantitative estimate of drug-likeness (QED) is 0.379. The Morgan fingerprint density at radius 3 is 2.00 bits per heavy atom. The number of aryl methyl sites for hydroxylation is 1. The Morgan fingerprint density at radius 2 is 1.50 bits per heavy atom. The van der Waals surface area contributed by atoms with Crippen molar-refractivity contribution in [1.82, 2.24) is 25.6 Å². The molecule has 0 aliphatic carbocycles. The van der Waals surface area contributed by atoms with E-state index in [0.717, 1.165) is 11.3 Å². The maximum absolute atomic E-state index is 12.6. The number of rotatable bonds is 8. The summed E-state index contributed by atoms with van der Waals surface area (Å²) in [4.78, 5) is 48.5. The number of aromatic nitrogens is 3. The highest BCUT2D eigenvalue weighted by molar-refractivity contribution is 7.10. The van der Waals surface area contributed by atoms with Gasteiger partial charge in [0.05, 0.1) is 18.1 Å². The van der Waals surface area contributed by atoms with E-state index in [-0.39, 0.29) is 23.0 Å². The monoisotopic (exact) mass is 478 g/mol. The van der Waals surface area contributed by atoms with Crippen molar-refractivity contribution in [3.05, 3.63) is 49.5 Å². The third-order valence-corrected chi connectivity index (χ3v) is 6.40. The fraction of sp³-hybridized carbons (Fsp3) is 0.368. The lowest BCUT2D eigenvalue weighted by Crippen LogP contribution is -2.28. The molecule has 0 aliphatic heterocycles. The van der Waals surface area contributed by atoms with E-state index in [1.165, 1.54) is 16.7 Å². The fourth-order valence-electron chi connectivity index (χ4n) is 2.66. The number of nitrogens with two attached hydrogens (primary N) is 1. The van der Waals surface area contributed by atoms with Gasteiger partial charge in [-0.3, -0.25) is 9.59 Å². The van der Waals surface area contributed by atoms with Gasteiger partial charge < -0.3 is 25.9 Å². The van der Waals surface area contributed by atoms with E-state index in [2.05, 4.69) is 25.6 Å². The third-order valence-electron chi connectivity index (χ3n) is 4.35. The molecule has 0 bridgehead atoms. The van der Waals surface area contributed by atoms with Gasteiger partial charge in [0.15, 0.2) is 11.4 Å². The minimum absolute atomic E-state index is 0.0676. The molecule has 32 heavy (non-hydrogen) atoms. The van der Waals surface area contributed by atoms with Crippen LogP contribution in [0.4, 0.5) is 0 Å². The number of nitrogens with one attached hydrogen (secondary N) is 2. The molecule has 3 aromatic heterocycles. The topological polar surface area (TPSA) is 173 Å². The highest BCUT2D eigenvalue weighted by Crippen LogP contribution is 2.22. The first kappa shape index (κ1) is 23.5. The molecule has 5 N–H and O–H groups in total. The van der Waals surface area contributed by atoms with Crippen LogP contribution in [-0.4, -0.2) is 37.8 Å². The van der Waals surface area contributed by atoms with Gasteiger partial charge in [0.2, 0.25) is 5.89 Å². The van der Waals surface area contributed by atoms with Gasteiger partial charge in [0, 0.05) is 10.8 Å². The van der Waals surface area contributed by atoms with Crippen molar-refractivity contribution in [2.45, 2.75) is 45.8 Å². The molecule has 2 amide bonds. The smallest absolute Gasteiger partial charge is 0.355 e. The molecular weight excluding hydrogens is 456 g/mol. The minimum Gasteiger partial charge on any atom is -0.476 e. The Kier molecular flexibility index (Phi) is 7.01. The fourth-order valence-corrected chi connectivity index (χ4v) is 4.26. The molecule has 0 fully saturated rings. The van der Waals surface area contributed by atoms with Crippen molar-refractivity contribution in [3.63, 3.8) is 0 Å². The third kappa shape index (κ3) is 5.18. The van der Waals surface area contributed by atoms with E-state index in [1.54, 1.807) is 33.1 Å². The van der Waals surface area contributed by atoms with Crippen molar-refractivity contribution < 1.29 is 23.9 Å². The summed E-state index contributed by atoms with van der Waals surface area (Å²) in [5.41, 5.74) is 6.01. The van der Waals surface area contributed by atoms with Crippen LogP contribution in [-0.2, 0) is 0 Å². The molecule has 0 aliphatic rings. The summed E-state index contributed by atoms with van der Waals surface area (Å²) in [5, 5.41) is 18.5. The predicted molar refractivity (Wildman–Crippen MR) is 117 cm³/mol. The normalized spacial score (nSPS) is 13.9. The molecule has 3 atom stereocenters. The van der Waals surface area contributed by atoms with Gasteiger partial charge >= 0.3 is 5.97 Å². The number of thiazole rings is 2. The maximum atomic E-state index is 12.6. The van der Waals surface area contributed by atoms with Crippen LogP contribution in [0.25, 0.3) is 0 Å². The van der Waals surface area contributed by atoms with Crippen LogP contribution >= 0.6 is 22.7 Å². The van der Waals surface area contributed by atoms with E-state index < -0.39 is 35.9 Å². The summed E-state index contributed by atoms with van der Waals surface area (Å²) in [7, 11) is 0. The van der Waals surface area contributed by atoms with E-state index >= 15 is 0 Å². The van der Waals surface area contributed by atoms with Crippen molar-refractivity contribution >= 4 is 40.5 Å². The lowest BCUT2D eigenvalue weighted by atomic mass is 10.3. The molecule has 3 heterocycles. The van der Waals surface area contributed by atoms with Gasteiger partial charge in [-0.05, 0) is 27.7 Å². The van der Waals surface area contributed by atoms with Gasteiger partial charge in [-0.15, -0.1) is 22.7 Å². The highest BCUT2D eigenvalue weighted by atomic mass is 32.1. The summed E-state index contributed by atoms with van der Waals surface area (Å²) in [5.74, 6) is -1.35. The van der Waals surface area contributed by atoms with E-state index in [1.807, 2.05) is 0 Å². The van der Waals surface area contributed by atoms with Crippen molar-refractivity contribution in [2.24, 2.45) is 5.73 Å². The van der Waals surface area contributed by atoms with Crippen LogP contribution in [0.2, 0.25) is 0 Å². The van der Waals surface area contributed by atoms with Gasteiger partial charge in [-0.25, -0.2) is 19.7 Å². The van der Waals surface area contributed by atoms with Crippen LogP contribution in [0.1, 0.15) is 92.0 Å². The zero-order valence-electron chi connectivity index (χ0n) is 17.7. The molecule has 0 saturated heterocycles. The van der Waals surface area contributed by atoms with Crippen molar-refractivity contribution in [1.29, 1.82) is 0 Å². The van der Waals surface area contributed by atoms with Crippen LogP contribution in [0.15, 0.2) is 15.2 Å². The second-order valence-electron chi connectivity index (χ2n) is 7.08. The zero-order chi connectivity index (χ0) is 23.6.